The van der Waals surface area contributed by atoms with Gasteiger partial charge in [-0.2, -0.15) is 0 Å². The number of hydrogen-bond acceptors (Lipinski definition) is 11. The van der Waals surface area contributed by atoms with Gasteiger partial charge in [0.2, 0.25) is 0 Å². The van der Waals surface area contributed by atoms with E-state index in [1.165, 1.54) is 12.1 Å². The van der Waals surface area contributed by atoms with Gasteiger partial charge in [-0.25, -0.2) is 9.59 Å². The Morgan fingerprint density at radius 1 is 0.786 bits per heavy atom. The molecule has 0 saturated heterocycles. The number of esters is 2. The highest BCUT2D eigenvalue weighted by Crippen LogP contribution is 2.30. The second kappa shape index (κ2) is 17.6. The average Bonchev–Trinajstić information content (AvgIpc) is 2.90. The second-order valence-corrected chi connectivity index (χ2v) is 12.0. The van der Waals surface area contributed by atoms with Crippen molar-refractivity contribution in [2.45, 2.75) is 106 Å². The van der Waals surface area contributed by atoms with Crippen molar-refractivity contribution in [3.63, 3.8) is 0 Å². The SMILES string of the molecule is CCC(C)COC(=O)Oc1ccc(C[C@H](N)C(=O)O[C@@H](C)[C@H](C)OC(=O)CC(C)(C)C)cc1OC(=O)OCC(C)CC. The Morgan fingerprint density at radius 2 is 1.29 bits per heavy atom. The summed E-state index contributed by atoms with van der Waals surface area (Å²) in [5, 5.41) is 0. The van der Waals surface area contributed by atoms with E-state index >= 15 is 0 Å². The fourth-order valence-corrected chi connectivity index (χ4v) is 3.22. The molecule has 0 aliphatic carbocycles. The van der Waals surface area contributed by atoms with Crippen LogP contribution < -0.4 is 15.2 Å². The van der Waals surface area contributed by atoms with Gasteiger partial charge in [0.15, 0.2) is 11.5 Å². The van der Waals surface area contributed by atoms with Crippen LogP contribution >= 0.6 is 0 Å². The van der Waals surface area contributed by atoms with Crippen LogP contribution in [0.1, 0.15) is 87.1 Å². The number of benzene rings is 1. The molecule has 2 unspecified atom stereocenters. The van der Waals surface area contributed by atoms with Crippen molar-refractivity contribution in [2.24, 2.45) is 23.0 Å². The fourth-order valence-electron chi connectivity index (χ4n) is 3.22. The van der Waals surface area contributed by atoms with E-state index in [2.05, 4.69) is 0 Å². The van der Waals surface area contributed by atoms with E-state index in [4.69, 9.17) is 34.2 Å². The van der Waals surface area contributed by atoms with Crippen molar-refractivity contribution in [1.29, 1.82) is 0 Å². The maximum Gasteiger partial charge on any atom is 0.513 e. The molecule has 5 atom stereocenters. The first-order valence-corrected chi connectivity index (χ1v) is 14.5. The summed E-state index contributed by atoms with van der Waals surface area (Å²) in [5.74, 6) is -0.978. The summed E-state index contributed by atoms with van der Waals surface area (Å²) in [5.41, 5.74) is 6.38. The first-order chi connectivity index (χ1) is 19.5. The molecular weight excluding hydrogens is 546 g/mol. The third-order valence-electron chi connectivity index (χ3n) is 6.47. The Kier molecular flexibility index (Phi) is 15.4. The van der Waals surface area contributed by atoms with E-state index < -0.39 is 36.5 Å². The lowest BCUT2D eigenvalue weighted by Gasteiger charge is -2.24. The third kappa shape index (κ3) is 14.5. The topological polar surface area (TPSA) is 150 Å². The Balaban J connectivity index is 2.94. The molecular formula is C31H49NO10. The third-order valence-corrected chi connectivity index (χ3v) is 6.47. The number of carbonyl (C=O) groups is 4. The van der Waals surface area contributed by atoms with Crippen molar-refractivity contribution in [3.05, 3.63) is 23.8 Å². The number of rotatable bonds is 15. The van der Waals surface area contributed by atoms with Gasteiger partial charge in [0.25, 0.3) is 0 Å². The van der Waals surface area contributed by atoms with Gasteiger partial charge in [-0.15, -0.1) is 0 Å². The van der Waals surface area contributed by atoms with Crippen molar-refractivity contribution in [1.82, 2.24) is 0 Å². The summed E-state index contributed by atoms with van der Waals surface area (Å²) in [4.78, 5) is 49.4. The van der Waals surface area contributed by atoms with Crippen LogP contribution in [0.25, 0.3) is 0 Å². The summed E-state index contributed by atoms with van der Waals surface area (Å²) in [6.45, 7) is 17.1. The number of hydrogen-bond donors (Lipinski definition) is 1. The highest BCUT2D eigenvalue weighted by Gasteiger charge is 2.26. The van der Waals surface area contributed by atoms with Crippen LogP contribution in [0.3, 0.4) is 0 Å². The van der Waals surface area contributed by atoms with Crippen molar-refractivity contribution >= 4 is 24.2 Å². The van der Waals surface area contributed by atoms with E-state index in [0.29, 0.717) is 5.56 Å². The van der Waals surface area contributed by atoms with Gasteiger partial charge in [0, 0.05) is 0 Å². The minimum absolute atomic E-state index is 0.0146. The predicted octanol–water partition coefficient (Wildman–Crippen LogP) is 5.98. The molecule has 1 rings (SSSR count). The highest BCUT2D eigenvalue weighted by atomic mass is 16.7. The molecule has 0 aromatic heterocycles. The van der Waals surface area contributed by atoms with E-state index in [9.17, 15) is 19.2 Å². The summed E-state index contributed by atoms with van der Waals surface area (Å²) in [6, 6.07) is 3.33. The second-order valence-electron chi connectivity index (χ2n) is 12.0. The van der Waals surface area contributed by atoms with Crippen LogP contribution in [-0.2, 0) is 35.0 Å². The zero-order valence-electron chi connectivity index (χ0n) is 26.5. The van der Waals surface area contributed by atoms with Gasteiger partial charge < -0.3 is 34.2 Å². The van der Waals surface area contributed by atoms with Gasteiger partial charge in [-0.05, 0) is 55.2 Å². The minimum Gasteiger partial charge on any atom is -0.459 e. The molecule has 0 spiro atoms. The Morgan fingerprint density at radius 3 is 1.79 bits per heavy atom. The molecule has 1 aromatic carbocycles. The average molecular weight is 596 g/mol. The monoisotopic (exact) mass is 595 g/mol. The predicted molar refractivity (Wildman–Crippen MR) is 156 cm³/mol. The Hall–Kier alpha value is -3.34. The van der Waals surface area contributed by atoms with Crippen LogP contribution in [0.5, 0.6) is 11.5 Å². The summed E-state index contributed by atoms with van der Waals surface area (Å²) >= 11 is 0. The molecule has 42 heavy (non-hydrogen) atoms. The van der Waals surface area contributed by atoms with Gasteiger partial charge in [0.05, 0.1) is 19.6 Å². The molecule has 0 heterocycles. The molecule has 11 heteroatoms. The number of ether oxygens (including phenoxy) is 6. The summed E-state index contributed by atoms with van der Waals surface area (Å²) in [7, 11) is 0. The van der Waals surface area contributed by atoms with Crippen LogP contribution in [-0.4, -0.2) is 55.7 Å². The lowest BCUT2D eigenvalue weighted by Crippen LogP contribution is -2.39. The molecule has 0 fully saturated rings. The number of nitrogens with two attached hydrogens (primary N) is 1. The molecule has 0 saturated carbocycles. The van der Waals surface area contributed by atoms with Gasteiger partial charge in [-0.1, -0.05) is 67.4 Å². The molecule has 11 nitrogen and oxygen atoms in total. The van der Waals surface area contributed by atoms with Crippen molar-refractivity contribution in [3.8, 4) is 11.5 Å². The largest absolute Gasteiger partial charge is 0.513 e. The molecule has 0 radical (unpaired) electrons. The summed E-state index contributed by atoms with van der Waals surface area (Å²) in [6.07, 6.45) is -1.46. The molecule has 0 aliphatic rings. The van der Waals surface area contributed by atoms with E-state index in [-0.39, 0.29) is 60.8 Å². The Bertz CT molecular complexity index is 1040. The molecule has 0 amide bonds. The zero-order chi connectivity index (χ0) is 32.0. The van der Waals surface area contributed by atoms with Gasteiger partial charge in [-0.3, -0.25) is 9.59 Å². The zero-order valence-corrected chi connectivity index (χ0v) is 26.5. The first kappa shape index (κ1) is 36.7. The lowest BCUT2D eigenvalue weighted by atomic mass is 9.92. The van der Waals surface area contributed by atoms with Crippen LogP contribution in [0.15, 0.2) is 18.2 Å². The maximum absolute atomic E-state index is 12.7. The standard InChI is InChI=1S/C31H49NO10/c1-10-19(3)17-37-29(35)41-25-13-12-23(15-26(25)42-30(36)38-18-20(4)11-2)14-24(32)28(34)40-22(6)21(5)39-27(33)16-31(7,8)9/h12-13,15,19-22,24H,10-11,14,16-18,32H2,1-9H3/t19?,20?,21-,22-,24-/m0/s1. The Labute approximate surface area is 249 Å². The van der Waals surface area contributed by atoms with Crippen LogP contribution in [0.2, 0.25) is 0 Å². The molecule has 0 aliphatic heterocycles. The quantitative estimate of drug-likeness (QED) is 0.145. The lowest BCUT2D eigenvalue weighted by molar-refractivity contribution is -0.167. The van der Waals surface area contributed by atoms with Gasteiger partial charge >= 0.3 is 24.2 Å². The van der Waals surface area contributed by atoms with Crippen molar-refractivity contribution < 1.29 is 47.6 Å². The van der Waals surface area contributed by atoms with E-state index in [1.54, 1.807) is 19.9 Å². The summed E-state index contributed by atoms with van der Waals surface area (Å²) < 4.78 is 31.7. The first-order valence-electron chi connectivity index (χ1n) is 14.5. The molecule has 2 N–H and O–H groups in total. The minimum atomic E-state index is -1.08. The number of carbonyl (C=O) groups excluding carboxylic acids is 4. The van der Waals surface area contributed by atoms with Crippen molar-refractivity contribution in [2.75, 3.05) is 13.2 Å². The molecule has 1 aromatic rings. The smallest absolute Gasteiger partial charge is 0.459 e. The highest BCUT2D eigenvalue weighted by molar-refractivity contribution is 5.76. The van der Waals surface area contributed by atoms with E-state index in [1.807, 2.05) is 48.5 Å². The van der Waals surface area contributed by atoms with E-state index in [0.717, 1.165) is 12.8 Å². The molecule has 238 valence electrons. The van der Waals surface area contributed by atoms with Gasteiger partial charge in [0.1, 0.15) is 18.2 Å². The molecule has 0 bridgehead atoms. The van der Waals surface area contributed by atoms with Crippen LogP contribution in [0, 0.1) is 17.3 Å². The fraction of sp³-hybridized carbons (Fsp3) is 0.677. The normalized spacial score (nSPS) is 14.9. The maximum atomic E-state index is 12.7. The van der Waals surface area contributed by atoms with Crippen LogP contribution in [0.4, 0.5) is 9.59 Å².